The molecule has 17 N–H and O–H groups in total. The minimum absolute atomic E-state index is 0.0708. The van der Waals surface area contributed by atoms with E-state index < -0.39 is 165 Å². The molecule has 26 heteroatoms. The summed E-state index contributed by atoms with van der Waals surface area (Å²) in [4.78, 5) is 62.5. The number of unbranched alkanes of at least 4 members (excludes halogenated alkanes) is 9. The van der Waals surface area contributed by atoms with E-state index in [0.717, 1.165) is 39.0 Å². The van der Waals surface area contributed by atoms with Crippen LogP contribution in [-0.2, 0) is 47.7 Å². The average molecular weight is 1000 g/mol. The Kier molecular flexibility index (Phi) is 23.9. The lowest BCUT2D eigenvalue weighted by Crippen LogP contribution is -2.70. The van der Waals surface area contributed by atoms with Gasteiger partial charge in [-0.25, -0.2) is 14.4 Å². The number of hydrogen-bond donors (Lipinski definition) is 16. The molecule has 0 aromatic rings. The van der Waals surface area contributed by atoms with Gasteiger partial charge in [0.2, 0.25) is 11.8 Å². The van der Waals surface area contributed by atoms with Crippen molar-refractivity contribution in [3.63, 3.8) is 0 Å². The molecule has 0 spiro atoms. The third-order valence-electron chi connectivity index (χ3n) is 12.7. The predicted octanol–water partition coefficient (Wildman–Crippen LogP) is -4.15. The molecule has 3 saturated heterocycles. The first kappa shape index (κ1) is 60.0. The van der Waals surface area contributed by atoms with E-state index in [9.17, 15) is 85.3 Å². The highest BCUT2D eigenvalue weighted by Gasteiger charge is 2.61. The van der Waals surface area contributed by atoms with Crippen molar-refractivity contribution in [1.82, 2.24) is 16.0 Å². The topological polar surface area (TPSA) is 436 Å². The fourth-order valence-electron chi connectivity index (χ4n) is 8.80. The zero-order chi connectivity index (χ0) is 51.9. The Labute approximate surface area is 399 Å². The number of carboxylic acid groups (broad SMARTS) is 3. The number of rotatable bonds is 30. The monoisotopic (exact) mass is 1000 g/mol. The molecule has 26 nitrogen and oxygen atoms in total. The Balaban J connectivity index is 1.86. The summed E-state index contributed by atoms with van der Waals surface area (Å²) < 4.78 is 28.0. The molecule has 3 heterocycles. The van der Waals surface area contributed by atoms with Crippen molar-refractivity contribution in [3.05, 3.63) is 0 Å². The van der Waals surface area contributed by atoms with E-state index in [1.54, 1.807) is 0 Å². The van der Waals surface area contributed by atoms with Crippen molar-refractivity contribution >= 4 is 29.7 Å². The van der Waals surface area contributed by atoms with Crippen LogP contribution in [0.15, 0.2) is 0 Å². The summed E-state index contributed by atoms with van der Waals surface area (Å²) in [6.07, 6.45) is -15.0. The van der Waals surface area contributed by atoms with Crippen molar-refractivity contribution in [2.24, 2.45) is 5.73 Å². The fraction of sp³-hybridized carbons (Fsp3) is 0.884. The summed E-state index contributed by atoms with van der Waals surface area (Å²) in [5.41, 5.74) is 6.16. The normalized spacial score (nSPS) is 33.9. The minimum atomic E-state index is -3.22. The standard InChI is InChI=1S/C43H76N4O22/c1-4-6-7-8-9-10-11-12-13-14-15-45-19-26(54)35-31(47-29(55)5-2)25(53)18-43(68-35,40(62)63)65-27(20-48)33(56)36-30(44)23(51)17-42(69-36,39(60)61)66-28(21-49)34(57)37-32(46-22(3)50)24(52)16-41(64,67-37)38(58)59/h23-28,30-37,45,48-49,51-54,56-57,64H,4-21,44H2,1-3H3,(H,46,50)(H,47,55)(H,58,59)(H,60,61)(H,62,63)/t23?,24?,25?,26?,27?,28?,30?,31?,32?,33?,34?,35?,36?,37?,41-,42?,43?/m1/s1. The number of carboxylic acids is 3. The number of hydrogen-bond acceptors (Lipinski definition) is 21. The van der Waals surface area contributed by atoms with Crippen LogP contribution in [0.1, 0.15) is 111 Å². The van der Waals surface area contributed by atoms with Crippen LogP contribution >= 0.6 is 0 Å². The summed E-state index contributed by atoms with van der Waals surface area (Å²) in [5.74, 6) is -16.9. The average Bonchev–Trinajstić information content (AvgIpc) is 3.29. The number of aliphatic carboxylic acids is 3. The number of nitrogens with two attached hydrogens (primary N) is 1. The molecule has 69 heavy (non-hydrogen) atoms. The van der Waals surface area contributed by atoms with E-state index in [2.05, 4.69) is 22.9 Å². The van der Waals surface area contributed by atoms with Crippen molar-refractivity contribution in [2.45, 2.75) is 213 Å². The van der Waals surface area contributed by atoms with Crippen LogP contribution in [0.5, 0.6) is 0 Å². The van der Waals surface area contributed by atoms with Gasteiger partial charge < -0.3 is 107 Å². The van der Waals surface area contributed by atoms with Crippen molar-refractivity contribution in [1.29, 1.82) is 0 Å². The molecule has 400 valence electrons. The third-order valence-corrected chi connectivity index (χ3v) is 12.7. The highest BCUT2D eigenvalue weighted by Crippen LogP contribution is 2.39. The number of ether oxygens (including phenoxy) is 5. The van der Waals surface area contributed by atoms with Crippen molar-refractivity contribution in [3.8, 4) is 0 Å². The van der Waals surface area contributed by atoms with Gasteiger partial charge in [0.05, 0.1) is 55.8 Å². The van der Waals surface area contributed by atoms with Gasteiger partial charge in [0.1, 0.15) is 42.7 Å². The smallest absolute Gasteiger partial charge is 0.364 e. The largest absolute Gasteiger partial charge is 0.477 e. The van der Waals surface area contributed by atoms with Crippen LogP contribution in [-0.4, -0.2) is 220 Å². The molecular weight excluding hydrogens is 924 g/mol. The number of carbonyl (C=O) groups is 5. The zero-order valence-electron chi connectivity index (χ0n) is 39.3. The molecule has 0 aromatic heterocycles. The van der Waals surface area contributed by atoms with Crippen LogP contribution in [0.3, 0.4) is 0 Å². The van der Waals surface area contributed by atoms with Crippen molar-refractivity contribution in [2.75, 3.05) is 26.3 Å². The summed E-state index contributed by atoms with van der Waals surface area (Å²) >= 11 is 0. The lowest BCUT2D eigenvalue weighted by molar-refractivity contribution is -0.354. The van der Waals surface area contributed by atoms with Gasteiger partial charge in [0.15, 0.2) is 0 Å². The molecule has 3 aliphatic rings. The highest BCUT2D eigenvalue weighted by molar-refractivity contribution is 5.78. The molecule has 2 amide bonds. The van der Waals surface area contributed by atoms with Gasteiger partial charge in [-0.1, -0.05) is 71.6 Å². The first-order valence-electron chi connectivity index (χ1n) is 23.6. The van der Waals surface area contributed by atoms with E-state index in [4.69, 9.17) is 29.4 Å². The Morgan fingerprint density at radius 3 is 1.59 bits per heavy atom. The lowest BCUT2D eigenvalue weighted by Gasteiger charge is -2.50. The number of carbonyl (C=O) groups excluding carboxylic acids is 2. The molecule has 0 aromatic carbocycles. The number of aliphatic hydroxyl groups is 9. The molecule has 3 rings (SSSR count). The summed E-state index contributed by atoms with van der Waals surface area (Å²) in [6, 6.07) is -4.89. The molecule has 16 unspecified atom stereocenters. The third kappa shape index (κ3) is 15.8. The summed E-state index contributed by atoms with van der Waals surface area (Å²) in [7, 11) is 0. The summed E-state index contributed by atoms with van der Waals surface area (Å²) in [6.45, 7) is 2.23. The maximum atomic E-state index is 13.1. The summed E-state index contributed by atoms with van der Waals surface area (Å²) in [5, 5.41) is 138. The van der Waals surface area contributed by atoms with E-state index >= 15 is 0 Å². The predicted molar refractivity (Wildman–Crippen MR) is 234 cm³/mol. The van der Waals surface area contributed by atoms with Crippen LogP contribution in [0, 0.1) is 0 Å². The Hall–Kier alpha value is -3.29. The molecule has 0 saturated carbocycles. The van der Waals surface area contributed by atoms with Gasteiger partial charge >= 0.3 is 17.9 Å². The fourth-order valence-corrected chi connectivity index (χ4v) is 8.80. The van der Waals surface area contributed by atoms with Crippen LogP contribution in [0.2, 0.25) is 0 Å². The molecule has 3 fully saturated rings. The zero-order valence-corrected chi connectivity index (χ0v) is 39.3. The van der Waals surface area contributed by atoms with Crippen LogP contribution < -0.4 is 21.7 Å². The Morgan fingerprint density at radius 2 is 1.12 bits per heavy atom. The Bertz CT molecular complexity index is 1650. The molecule has 3 aliphatic heterocycles. The second-order valence-electron chi connectivity index (χ2n) is 18.1. The maximum Gasteiger partial charge on any atom is 0.364 e. The SMILES string of the molecule is CCCCCCCCCCCCNCC(O)C1OC(OC(CO)C(O)C2OC(OC(CO)C(O)C3O[C@@](O)(C(=O)O)CC(O)C3NC(C)=O)(C(=O)O)CC(O)C2N)(C(=O)O)CC(O)C1NC(=O)CC. The second kappa shape index (κ2) is 27.5. The van der Waals surface area contributed by atoms with E-state index in [1.807, 2.05) is 0 Å². The highest BCUT2D eigenvalue weighted by atomic mass is 16.8. The van der Waals surface area contributed by atoms with Crippen LogP contribution in [0.4, 0.5) is 0 Å². The lowest BCUT2D eigenvalue weighted by atomic mass is 9.87. The van der Waals surface area contributed by atoms with Gasteiger partial charge in [-0.15, -0.1) is 0 Å². The van der Waals surface area contributed by atoms with E-state index in [0.29, 0.717) is 6.54 Å². The number of aliphatic hydroxyl groups excluding tert-OH is 8. The molecule has 0 radical (unpaired) electrons. The number of nitrogens with one attached hydrogen (secondary N) is 3. The van der Waals surface area contributed by atoms with Gasteiger partial charge in [-0.2, -0.15) is 0 Å². The van der Waals surface area contributed by atoms with Crippen molar-refractivity contribution < 1.29 is 109 Å². The van der Waals surface area contributed by atoms with Gasteiger partial charge in [0, 0.05) is 39.2 Å². The number of amides is 2. The molecular formula is C43H76N4O22. The van der Waals surface area contributed by atoms with Gasteiger partial charge in [0.25, 0.3) is 17.4 Å². The molecule has 17 atom stereocenters. The maximum absolute atomic E-state index is 13.1. The van der Waals surface area contributed by atoms with Gasteiger partial charge in [-0.05, 0) is 13.0 Å². The molecule has 0 aliphatic carbocycles. The minimum Gasteiger partial charge on any atom is -0.477 e. The Morgan fingerprint density at radius 1 is 0.652 bits per heavy atom. The second-order valence-corrected chi connectivity index (χ2v) is 18.1. The first-order valence-corrected chi connectivity index (χ1v) is 23.6. The van der Waals surface area contributed by atoms with Crippen LogP contribution in [0.25, 0.3) is 0 Å². The molecule has 0 bridgehead atoms. The van der Waals surface area contributed by atoms with E-state index in [1.165, 1.54) is 39.0 Å². The quantitative estimate of drug-likeness (QED) is 0.0304. The first-order chi connectivity index (χ1) is 32.5. The van der Waals surface area contributed by atoms with E-state index in [-0.39, 0.29) is 13.0 Å². The van der Waals surface area contributed by atoms with Gasteiger partial charge in [-0.3, -0.25) is 9.59 Å².